The van der Waals surface area contributed by atoms with Crippen LogP contribution in [0.3, 0.4) is 0 Å². The Balaban J connectivity index is 1.49. The van der Waals surface area contributed by atoms with Crippen molar-refractivity contribution in [3.8, 4) is 0 Å². The predicted molar refractivity (Wildman–Crippen MR) is 101 cm³/mol. The van der Waals surface area contributed by atoms with Crippen LogP contribution in [0.4, 0.5) is 0 Å². The largest absolute Gasteiger partial charge is 0.103 e. The van der Waals surface area contributed by atoms with Crippen LogP contribution < -0.4 is 0 Å². The molecule has 0 bridgehead atoms. The molecule has 126 valence electrons. The molecular formula is C23H34. The summed E-state index contributed by atoms with van der Waals surface area (Å²) in [5.41, 5.74) is 3.10. The number of benzene rings is 1. The van der Waals surface area contributed by atoms with E-state index in [-0.39, 0.29) is 0 Å². The van der Waals surface area contributed by atoms with Gasteiger partial charge in [0.15, 0.2) is 0 Å². The topological polar surface area (TPSA) is 0 Å². The first-order chi connectivity index (χ1) is 11.3. The lowest BCUT2D eigenvalue weighted by molar-refractivity contribution is 0.171. The molecule has 0 nitrogen and oxygen atoms in total. The molecule has 0 saturated heterocycles. The van der Waals surface area contributed by atoms with Crippen molar-refractivity contribution >= 4 is 0 Å². The first-order valence-electron chi connectivity index (χ1n) is 10.0. The molecule has 3 rings (SSSR count). The summed E-state index contributed by atoms with van der Waals surface area (Å²) in [5, 5.41) is 0. The lowest BCUT2D eigenvalue weighted by Gasteiger charge is -2.37. The minimum Gasteiger partial charge on any atom is -0.103 e. The zero-order valence-corrected chi connectivity index (χ0v) is 15.0. The summed E-state index contributed by atoms with van der Waals surface area (Å²) >= 11 is 0. The summed E-state index contributed by atoms with van der Waals surface area (Å²) in [6.45, 7) is 6.24. The molecule has 0 heteroatoms. The Morgan fingerprint density at radius 3 is 1.96 bits per heavy atom. The van der Waals surface area contributed by atoms with Gasteiger partial charge in [0.2, 0.25) is 0 Å². The average Bonchev–Trinajstić information content (AvgIpc) is 2.63. The monoisotopic (exact) mass is 310 g/mol. The molecule has 0 radical (unpaired) electrons. The molecule has 0 heterocycles. The Hall–Kier alpha value is -1.04. The van der Waals surface area contributed by atoms with Crippen LogP contribution >= 0.6 is 0 Å². The quantitative estimate of drug-likeness (QED) is 0.518. The molecule has 23 heavy (non-hydrogen) atoms. The zero-order valence-electron chi connectivity index (χ0n) is 15.0. The summed E-state index contributed by atoms with van der Waals surface area (Å²) in [5.74, 6) is 3.66. The van der Waals surface area contributed by atoms with E-state index in [1.807, 2.05) is 0 Å². The Bertz CT molecular complexity index is 467. The third-order valence-electron chi connectivity index (χ3n) is 6.58. The van der Waals surface area contributed by atoms with Gasteiger partial charge in [0.1, 0.15) is 0 Å². The molecular weight excluding hydrogens is 276 g/mol. The normalized spacial score (nSPS) is 31.7. The van der Waals surface area contributed by atoms with Gasteiger partial charge in [-0.3, -0.25) is 0 Å². The van der Waals surface area contributed by atoms with Crippen LogP contribution in [0.1, 0.15) is 81.8 Å². The molecule has 1 aromatic rings. The summed E-state index contributed by atoms with van der Waals surface area (Å²) in [6.07, 6.45) is 16.1. The standard InChI is InChI=1S/C23H34/c1-3-5-19-8-12-21(13-9-19)23-16-14-22(15-17-23)20-10-6-18(4-2)7-11-20/h4,8-9,12-13,18,20,22-23H,2-3,5-7,10-11,14-17H2,1H3. The van der Waals surface area contributed by atoms with E-state index in [0.29, 0.717) is 0 Å². The first kappa shape index (κ1) is 16.8. The van der Waals surface area contributed by atoms with Gasteiger partial charge < -0.3 is 0 Å². The molecule has 2 aliphatic carbocycles. The molecule has 0 aliphatic heterocycles. The molecule has 0 aromatic heterocycles. The molecule has 0 spiro atoms. The number of aryl methyl sites for hydroxylation is 1. The Kier molecular flexibility index (Phi) is 5.97. The van der Waals surface area contributed by atoms with Crippen molar-refractivity contribution in [2.75, 3.05) is 0 Å². The molecule has 0 N–H and O–H groups in total. The second-order valence-electron chi connectivity index (χ2n) is 8.01. The smallest absolute Gasteiger partial charge is 0.0162 e. The highest BCUT2D eigenvalue weighted by molar-refractivity contribution is 5.26. The van der Waals surface area contributed by atoms with Crippen LogP contribution in [-0.4, -0.2) is 0 Å². The van der Waals surface area contributed by atoms with E-state index in [0.717, 1.165) is 23.7 Å². The fourth-order valence-electron chi connectivity index (χ4n) is 5.02. The molecule has 2 aliphatic rings. The van der Waals surface area contributed by atoms with Crippen molar-refractivity contribution < 1.29 is 0 Å². The van der Waals surface area contributed by atoms with E-state index in [1.54, 1.807) is 5.56 Å². The molecule has 0 amide bonds. The van der Waals surface area contributed by atoms with Gasteiger partial charge in [0.05, 0.1) is 0 Å². The van der Waals surface area contributed by atoms with Gasteiger partial charge in [-0.05, 0) is 92.6 Å². The van der Waals surface area contributed by atoms with Crippen molar-refractivity contribution in [2.24, 2.45) is 17.8 Å². The zero-order chi connectivity index (χ0) is 16.1. The first-order valence-corrected chi connectivity index (χ1v) is 10.0. The molecule has 2 saturated carbocycles. The lowest BCUT2D eigenvalue weighted by Crippen LogP contribution is -2.25. The minimum atomic E-state index is 0.809. The lowest BCUT2D eigenvalue weighted by atomic mass is 9.68. The third-order valence-corrected chi connectivity index (χ3v) is 6.58. The van der Waals surface area contributed by atoms with E-state index in [1.165, 1.54) is 69.8 Å². The second-order valence-corrected chi connectivity index (χ2v) is 8.01. The minimum absolute atomic E-state index is 0.809. The van der Waals surface area contributed by atoms with Crippen molar-refractivity contribution in [3.05, 3.63) is 48.0 Å². The van der Waals surface area contributed by atoms with Crippen molar-refractivity contribution in [3.63, 3.8) is 0 Å². The van der Waals surface area contributed by atoms with Gasteiger partial charge in [0, 0.05) is 0 Å². The summed E-state index contributed by atoms with van der Waals surface area (Å²) in [4.78, 5) is 0. The van der Waals surface area contributed by atoms with Crippen molar-refractivity contribution in [2.45, 2.75) is 77.0 Å². The SMILES string of the molecule is C=CC1CCC(C2CCC(c3ccc(CCC)cc3)CC2)CC1. The van der Waals surface area contributed by atoms with Crippen molar-refractivity contribution in [1.29, 1.82) is 0 Å². The van der Waals surface area contributed by atoms with Gasteiger partial charge in [-0.15, -0.1) is 6.58 Å². The maximum Gasteiger partial charge on any atom is -0.0162 e. The van der Waals surface area contributed by atoms with Gasteiger partial charge in [-0.2, -0.15) is 0 Å². The maximum atomic E-state index is 3.98. The number of rotatable bonds is 5. The molecule has 0 atom stereocenters. The molecule has 2 fully saturated rings. The third kappa shape index (κ3) is 4.28. The number of allylic oxidation sites excluding steroid dienone is 1. The highest BCUT2D eigenvalue weighted by atomic mass is 14.4. The molecule has 0 unspecified atom stereocenters. The van der Waals surface area contributed by atoms with Gasteiger partial charge >= 0.3 is 0 Å². The Morgan fingerprint density at radius 1 is 0.870 bits per heavy atom. The van der Waals surface area contributed by atoms with Crippen LogP contribution in [0.2, 0.25) is 0 Å². The Morgan fingerprint density at radius 2 is 1.43 bits per heavy atom. The average molecular weight is 311 g/mol. The van der Waals surface area contributed by atoms with Crippen LogP contribution in [0.5, 0.6) is 0 Å². The van der Waals surface area contributed by atoms with E-state index in [4.69, 9.17) is 0 Å². The summed E-state index contributed by atoms with van der Waals surface area (Å²) in [6, 6.07) is 9.54. The summed E-state index contributed by atoms with van der Waals surface area (Å²) in [7, 11) is 0. The van der Waals surface area contributed by atoms with Crippen LogP contribution in [0, 0.1) is 17.8 Å². The maximum absolute atomic E-state index is 3.98. The number of hydrogen-bond acceptors (Lipinski definition) is 0. The van der Waals surface area contributed by atoms with Crippen LogP contribution in [0.15, 0.2) is 36.9 Å². The summed E-state index contributed by atoms with van der Waals surface area (Å²) < 4.78 is 0. The predicted octanol–water partition coefficient (Wildman–Crippen LogP) is 6.91. The van der Waals surface area contributed by atoms with E-state index in [9.17, 15) is 0 Å². The van der Waals surface area contributed by atoms with Gasteiger partial charge in [0.25, 0.3) is 0 Å². The van der Waals surface area contributed by atoms with Crippen LogP contribution in [-0.2, 0) is 6.42 Å². The van der Waals surface area contributed by atoms with Crippen molar-refractivity contribution in [1.82, 2.24) is 0 Å². The fraction of sp³-hybridized carbons (Fsp3) is 0.652. The van der Waals surface area contributed by atoms with E-state index in [2.05, 4.69) is 43.8 Å². The highest BCUT2D eigenvalue weighted by Crippen LogP contribution is 2.44. The van der Waals surface area contributed by atoms with Gasteiger partial charge in [-0.1, -0.05) is 43.7 Å². The second kappa shape index (κ2) is 8.18. The fourth-order valence-corrected chi connectivity index (χ4v) is 5.02. The van der Waals surface area contributed by atoms with E-state index >= 15 is 0 Å². The van der Waals surface area contributed by atoms with Crippen LogP contribution in [0.25, 0.3) is 0 Å². The highest BCUT2D eigenvalue weighted by Gasteiger charge is 2.30. The number of hydrogen-bond donors (Lipinski definition) is 0. The Labute approximate surface area is 143 Å². The van der Waals surface area contributed by atoms with Gasteiger partial charge in [-0.25, -0.2) is 0 Å². The molecule has 1 aromatic carbocycles. The van der Waals surface area contributed by atoms with E-state index < -0.39 is 0 Å².